The fourth-order valence-electron chi connectivity index (χ4n) is 1.51. The van der Waals surface area contributed by atoms with Crippen LogP contribution in [-0.4, -0.2) is 17.8 Å². The predicted molar refractivity (Wildman–Crippen MR) is 60.8 cm³/mol. The first-order valence-corrected chi connectivity index (χ1v) is 4.89. The summed E-state index contributed by atoms with van der Waals surface area (Å²) in [6.07, 6.45) is -0.691. The van der Waals surface area contributed by atoms with E-state index in [1.807, 2.05) is 42.5 Å². The molecule has 77 valence electrons. The summed E-state index contributed by atoms with van der Waals surface area (Å²) in [7, 11) is 0. The van der Waals surface area contributed by atoms with Crippen molar-refractivity contribution in [2.45, 2.75) is 6.10 Å². The van der Waals surface area contributed by atoms with Crippen molar-refractivity contribution in [2.24, 2.45) is 0 Å². The molecular weight excluding hydrogens is 188 g/mol. The molecular formula is C13H13O2. The smallest absolute Gasteiger partial charge is 0.127 e. The lowest BCUT2D eigenvalue weighted by atomic mass is 10.1. The maximum absolute atomic E-state index is 9.05. The van der Waals surface area contributed by atoms with Crippen LogP contribution in [0, 0.1) is 6.92 Å². The number of hydrogen-bond donors (Lipinski definition) is 1. The number of aliphatic hydroxyl groups excluding tert-OH is 1. The number of hydrogen-bond acceptors (Lipinski definition) is 2. The van der Waals surface area contributed by atoms with Gasteiger partial charge in [0, 0.05) is 5.39 Å². The number of rotatable bonds is 3. The van der Waals surface area contributed by atoms with Gasteiger partial charge in [0.2, 0.25) is 0 Å². The molecule has 0 saturated carbocycles. The molecule has 0 aliphatic heterocycles. The zero-order chi connectivity index (χ0) is 10.7. The maximum Gasteiger partial charge on any atom is 0.127 e. The summed E-state index contributed by atoms with van der Waals surface area (Å²) < 4.78 is 5.47. The topological polar surface area (TPSA) is 29.5 Å². The van der Waals surface area contributed by atoms with Gasteiger partial charge in [-0.1, -0.05) is 36.4 Å². The maximum atomic E-state index is 9.05. The van der Waals surface area contributed by atoms with E-state index in [1.165, 1.54) is 0 Å². The highest BCUT2D eigenvalue weighted by atomic mass is 16.5. The highest BCUT2D eigenvalue weighted by molar-refractivity contribution is 5.88. The Morgan fingerprint density at radius 2 is 1.87 bits per heavy atom. The molecule has 0 saturated heterocycles. The molecule has 0 aromatic heterocycles. The first-order valence-electron chi connectivity index (χ1n) is 4.89. The van der Waals surface area contributed by atoms with E-state index in [1.54, 1.807) is 0 Å². The van der Waals surface area contributed by atoms with Gasteiger partial charge in [-0.2, -0.15) is 0 Å². The number of fused-ring (bicyclic) bond motifs is 1. The average Bonchev–Trinajstić information content (AvgIpc) is 2.26. The molecule has 2 heteroatoms. The van der Waals surface area contributed by atoms with Crippen LogP contribution in [0.1, 0.15) is 0 Å². The van der Waals surface area contributed by atoms with E-state index in [0.29, 0.717) is 0 Å². The van der Waals surface area contributed by atoms with Gasteiger partial charge in [-0.15, -0.1) is 0 Å². The summed E-state index contributed by atoms with van der Waals surface area (Å²) in [5.74, 6) is 0.788. The van der Waals surface area contributed by atoms with Gasteiger partial charge in [0.1, 0.15) is 12.4 Å². The van der Waals surface area contributed by atoms with Crippen molar-refractivity contribution in [1.82, 2.24) is 0 Å². The van der Waals surface area contributed by atoms with Gasteiger partial charge in [0.05, 0.1) is 6.10 Å². The Bertz CT molecular complexity index is 444. The quantitative estimate of drug-likeness (QED) is 0.826. The largest absolute Gasteiger partial charge is 0.490 e. The number of ether oxygens (including phenoxy) is 1. The van der Waals surface area contributed by atoms with Crippen molar-refractivity contribution in [3.8, 4) is 5.75 Å². The molecule has 0 aliphatic rings. The normalized spacial score (nSPS) is 12.7. The second-order valence-electron chi connectivity index (χ2n) is 3.44. The van der Waals surface area contributed by atoms with E-state index in [4.69, 9.17) is 9.84 Å². The van der Waals surface area contributed by atoms with Gasteiger partial charge in [-0.25, -0.2) is 0 Å². The molecule has 2 rings (SSSR count). The van der Waals surface area contributed by atoms with Gasteiger partial charge in [-0.3, -0.25) is 0 Å². The molecule has 0 amide bonds. The fourth-order valence-corrected chi connectivity index (χ4v) is 1.51. The van der Waals surface area contributed by atoms with Gasteiger partial charge in [-0.05, 0) is 18.4 Å². The van der Waals surface area contributed by atoms with Crippen LogP contribution in [-0.2, 0) is 0 Å². The first-order chi connectivity index (χ1) is 7.27. The van der Waals surface area contributed by atoms with Crippen molar-refractivity contribution < 1.29 is 9.84 Å². The van der Waals surface area contributed by atoms with Crippen molar-refractivity contribution >= 4 is 10.8 Å². The highest BCUT2D eigenvalue weighted by Crippen LogP contribution is 2.24. The highest BCUT2D eigenvalue weighted by Gasteiger charge is 2.02. The van der Waals surface area contributed by atoms with E-state index < -0.39 is 6.10 Å². The summed E-state index contributed by atoms with van der Waals surface area (Å²) in [4.78, 5) is 0. The molecule has 0 heterocycles. The monoisotopic (exact) mass is 201 g/mol. The van der Waals surface area contributed by atoms with Crippen LogP contribution in [0.25, 0.3) is 10.8 Å². The Kier molecular flexibility index (Phi) is 2.88. The van der Waals surface area contributed by atoms with Crippen LogP contribution in [0.4, 0.5) is 0 Å². The summed E-state index contributed by atoms with van der Waals surface area (Å²) in [6, 6.07) is 13.8. The van der Waals surface area contributed by atoms with Crippen LogP contribution in [0.3, 0.4) is 0 Å². The second-order valence-corrected chi connectivity index (χ2v) is 3.44. The number of benzene rings is 2. The van der Waals surface area contributed by atoms with E-state index >= 15 is 0 Å². The number of aliphatic hydroxyl groups is 1. The zero-order valence-electron chi connectivity index (χ0n) is 8.39. The summed E-state index contributed by atoms with van der Waals surface area (Å²) in [6.45, 7) is 3.68. The predicted octanol–water partition coefficient (Wildman–Crippen LogP) is 2.41. The van der Waals surface area contributed by atoms with Crippen molar-refractivity contribution in [1.29, 1.82) is 0 Å². The van der Waals surface area contributed by atoms with Crippen molar-refractivity contribution in [2.75, 3.05) is 6.61 Å². The molecule has 2 aromatic carbocycles. The fraction of sp³-hybridized carbons (Fsp3) is 0.154. The molecule has 0 spiro atoms. The molecule has 1 atom stereocenters. The standard InChI is InChI=1S/C13H13O2/c1-10(14)9-15-13-8-4-6-11-5-2-3-7-12(11)13/h2-8,10,14H,1,9H2. The third kappa shape index (κ3) is 2.28. The molecule has 15 heavy (non-hydrogen) atoms. The molecule has 0 fully saturated rings. The van der Waals surface area contributed by atoms with Crippen LogP contribution in [0.2, 0.25) is 0 Å². The Balaban J connectivity index is 2.34. The average molecular weight is 201 g/mol. The first kappa shape index (κ1) is 9.99. The lowest BCUT2D eigenvalue weighted by Crippen LogP contribution is -2.13. The minimum absolute atomic E-state index is 0.216. The third-order valence-corrected chi connectivity index (χ3v) is 2.18. The molecule has 0 aliphatic carbocycles. The van der Waals surface area contributed by atoms with Crippen LogP contribution in [0.15, 0.2) is 42.5 Å². The molecule has 1 radical (unpaired) electrons. The van der Waals surface area contributed by atoms with Crippen LogP contribution < -0.4 is 4.74 Å². The van der Waals surface area contributed by atoms with Crippen molar-refractivity contribution in [3.63, 3.8) is 0 Å². The Hall–Kier alpha value is -1.54. The SMILES string of the molecule is [CH2]C(O)COc1cccc2ccccc12. The van der Waals surface area contributed by atoms with E-state index in [2.05, 4.69) is 6.92 Å². The minimum atomic E-state index is -0.691. The molecule has 1 unspecified atom stereocenters. The zero-order valence-corrected chi connectivity index (χ0v) is 8.39. The van der Waals surface area contributed by atoms with Gasteiger partial charge in [0.25, 0.3) is 0 Å². The van der Waals surface area contributed by atoms with Gasteiger partial charge >= 0.3 is 0 Å². The molecule has 2 aromatic rings. The Morgan fingerprint density at radius 1 is 1.13 bits per heavy atom. The lowest BCUT2D eigenvalue weighted by Gasteiger charge is -2.10. The third-order valence-electron chi connectivity index (χ3n) is 2.18. The van der Waals surface area contributed by atoms with Gasteiger partial charge < -0.3 is 9.84 Å². The van der Waals surface area contributed by atoms with Crippen LogP contribution in [0.5, 0.6) is 5.75 Å². The van der Waals surface area contributed by atoms with Crippen molar-refractivity contribution in [3.05, 3.63) is 49.4 Å². The Labute approximate surface area is 89.1 Å². The van der Waals surface area contributed by atoms with E-state index in [-0.39, 0.29) is 6.61 Å². The molecule has 1 N–H and O–H groups in total. The van der Waals surface area contributed by atoms with Crippen LogP contribution >= 0.6 is 0 Å². The van der Waals surface area contributed by atoms with Gasteiger partial charge in [0.15, 0.2) is 0 Å². The van der Waals surface area contributed by atoms with E-state index in [9.17, 15) is 0 Å². The molecule has 0 bridgehead atoms. The van der Waals surface area contributed by atoms with E-state index in [0.717, 1.165) is 16.5 Å². The summed E-state index contributed by atoms with van der Waals surface area (Å²) in [5, 5.41) is 11.2. The lowest BCUT2D eigenvalue weighted by molar-refractivity contribution is 0.143. The minimum Gasteiger partial charge on any atom is -0.490 e. The second kappa shape index (κ2) is 4.32. The molecule has 2 nitrogen and oxygen atoms in total. The Morgan fingerprint density at radius 3 is 2.67 bits per heavy atom. The summed E-state index contributed by atoms with van der Waals surface area (Å²) >= 11 is 0. The summed E-state index contributed by atoms with van der Waals surface area (Å²) in [5.41, 5.74) is 0.